The van der Waals surface area contributed by atoms with Crippen molar-refractivity contribution in [1.29, 1.82) is 0 Å². The van der Waals surface area contributed by atoms with E-state index in [2.05, 4.69) is 16.9 Å². The summed E-state index contributed by atoms with van der Waals surface area (Å²) in [6.07, 6.45) is 4.85. The molecule has 0 aliphatic heterocycles. The molecule has 23 heavy (non-hydrogen) atoms. The number of benzene rings is 1. The van der Waals surface area contributed by atoms with Gasteiger partial charge in [0, 0.05) is 43.7 Å². The number of hydrogen-bond acceptors (Lipinski definition) is 5. The van der Waals surface area contributed by atoms with E-state index in [-0.39, 0.29) is 11.6 Å². The lowest BCUT2D eigenvalue weighted by Crippen LogP contribution is -2.27. The Labute approximate surface area is 134 Å². The summed E-state index contributed by atoms with van der Waals surface area (Å²) in [5.41, 5.74) is 0.917. The molecule has 1 aromatic carbocycles. The molecule has 0 fully saturated rings. The minimum Gasteiger partial charge on any atom is -0.342 e. The second-order valence-corrected chi connectivity index (χ2v) is 5.18. The summed E-state index contributed by atoms with van der Waals surface area (Å²) >= 11 is 0. The molecule has 0 atom stereocenters. The van der Waals surface area contributed by atoms with E-state index in [9.17, 15) is 14.9 Å². The molecule has 7 heteroatoms. The van der Waals surface area contributed by atoms with Crippen LogP contribution in [0, 0.1) is 10.1 Å². The van der Waals surface area contributed by atoms with Crippen molar-refractivity contribution in [3.8, 4) is 11.4 Å². The van der Waals surface area contributed by atoms with E-state index in [1.807, 2.05) is 0 Å². The first-order valence-corrected chi connectivity index (χ1v) is 7.35. The highest BCUT2D eigenvalue weighted by Gasteiger charge is 2.13. The van der Waals surface area contributed by atoms with Crippen molar-refractivity contribution in [2.24, 2.45) is 0 Å². The molecule has 0 N–H and O–H groups in total. The molecule has 0 spiro atoms. The number of unbranched alkanes of at least 4 members (excludes halogenated alkanes) is 1. The highest BCUT2D eigenvalue weighted by atomic mass is 16.6. The molecule has 120 valence electrons. The molecule has 1 amide bonds. The second kappa shape index (κ2) is 7.44. The molecule has 0 aliphatic carbocycles. The van der Waals surface area contributed by atoms with E-state index in [1.54, 1.807) is 24.1 Å². The van der Waals surface area contributed by atoms with E-state index in [1.165, 1.54) is 24.5 Å². The zero-order valence-corrected chi connectivity index (χ0v) is 13.1. The van der Waals surface area contributed by atoms with Gasteiger partial charge in [-0.3, -0.25) is 14.9 Å². The number of non-ortho nitro benzene ring substituents is 1. The van der Waals surface area contributed by atoms with Gasteiger partial charge in [-0.25, -0.2) is 9.97 Å². The van der Waals surface area contributed by atoms with Gasteiger partial charge in [-0.15, -0.1) is 0 Å². The molecule has 0 unspecified atom stereocenters. The fraction of sp³-hybridized carbons (Fsp3) is 0.312. The molecular formula is C16H18N4O3. The lowest BCUT2D eigenvalue weighted by molar-refractivity contribution is -0.384. The number of nitro benzene ring substituents is 1. The number of carbonyl (C=O) groups excluding carboxylic acids is 1. The van der Waals surface area contributed by atoms with Crippen LogP contribution in [0.5, 0.6) is 0 Å². The number of hydrogen-bond donors (Lipinski definition) is 0. The number of rotatable bonds is 6. The van der Waals surface area contributed by atoms with Crippen molar-refractivity contribution < 1.29 is 9.72 Å². The first kappa shape index (κ1) is 16.5. The van der Waals surface area contributed by atoms with E-state index >= 15 is 0 Å². The topological polar surface area (TPSA) is 89.2 Å². The van der Waals surface area contributed by atoms with Gasteiger partial charge in [-0.2, -0.15) is 0 Å². The van der Waals surface area contributed by atoms with Crippen molar-refractivity contribution in [1.82, 2.24) is 14.9 Å². The molecule has 0 saturated heterocycles. The maximum Gasteiger partial charge on any atom is 0.270 e. The van der Waals surface area contributed by atoms with Crippen LogP contribution in [0.2, 0.25) is 0 Å². The fourth-order valence-corrected chi connectivity index (χ4v) is 2.06. The highest BCUT2D eigenvalue weighted by molar-refractivity contribution is 5.93. The van der Waals surface area contributed by atoms with Gasteiger partial charge in [0.15, 0.2) is 5.82 Å². The predicted molar refractivity (Wildman–Crippen MR) is 86.0 cm³/mol. The summed E-state index contributed by atoms with van der Waals surface area (Å²) in [5, 5.41) is 10.8. The van der Waals surface area contributed by atoms with Gasteiger partial charge in [0.05, 0.1) is 10.5 Å². The lowest BCUT2D eigenvalue weighted by Gasteiger charge is -2.16. The van der Waals surface area contributed by atoms with E-state index in [4.69, 9.17) is 0 Å². The first-order valence-electron chi connectivity index (χ1n) is 7.35. The van der Waals surface area contributed by atoms with Crippen LogP contribution in [0.4, 0.5) is 5.69 Å². The molecule has 2 rings (SSSR count). The third-order valence-electron chi connectivity index (χ3n) is 3.41. The second-order valence-electron chi connectivity index (χ2n) is 5.18. The number of nitro groups is 1. The van der Waals surface area contributed by atoms with E-state index in [0.717, 1.165) is 12.8 Å². The summed E-state index contributed by atoms with van der Waals surface area (Å²) in [4.78, 5) is 32.5. The average molecular weight is 314 g/mol. The van der Waals surface area contributed by atoms with Gasteiger partial charge in [-0.1, -0.05) is 25.5 Å². The van der Waals surface area contributed by atoms with E-state index < -0.39 is 4.92 Å². The molecule has 0 aliphatic rings. The van der Waals surface area contributed by atoms with Crippen LogP contribution in [-0.2, 0) is 0 Å². The predicted octanol–water partition coefficient (Wildman–Crippen LogP) is 2.92. The SMILES string of the molecule is CCCCN(C)C(=O)c1cnc(-c2cccc([N+](=O)[O-])c2)nc1. The van der Waals surface area contributed by atoms with Gasteiger partial charge in [0.25, 0.3) is 11.6 Å². The summed E-state index contributed by atoms with van der Waals surface area (Å²) < 4.78 is 0. The molecule has 0 radical (unpaired) electrons. The van der Waals surface area contributed by atoms with Crippen LogP contribution in [-0.4, -0.2) is 39.3 Å². The maximum atomic E-state index is 12.2. The van der Waals surface area contributed by atoms with Crippen molar-refractivity contribution in [3.63, 3.8) is 0 Å². The van der Waals surface area contributed by atoms with Crippen molar-refractivity contribution in [2.75, 3.05) is 13.6 Å². The van der Waals surface area contributed by atoms with Crippen LogP contribution in [0.1, 0.15) is 30.1 Å². The molecule has 1 heterocycles. The Hall–Kier alpha value is -2.83. The van der Waals surface area contributed by atoms with Crippen LogP contribution in [0.25, 0.3) is 11.4 Å². The largest absolute Gasteiger partial charge is 0.342 e. The molecule has 7 nitrogen and oxygen atoms in total. The maximum absolute atomic E-state index is 12.2. The quantitative estimate of drug-likeness (QED) is 0.604. The van der Waals surface area contributed by atoms with Gasteiger partial charge in [0.1, 0.15) is 0 Å². The monoisotopic (exact) mass is 314 g/mol. The Bertz CT molecular complexity index is 701. The summed E-state index contributed by atoms with van der Waals surface area (Å²) in [7, 11) is 1.74. The van der Waals surface area contributed by atoms with Crippen LogP contribution in [0.3, 0.4) is 0 Å². The first-order chi connectivity index (χ1) is 11.0. The van der Waals surface area contributed by atoms with Gasteiger partial charge < -0.3 is 4.90 Å². The Morgan fingerprint density at radius 3 is 2.61 bits per heavy atom. The van der Waals surface area contributed by atoms with Crippen LogP contribution < -0.4 is 0 Å². The Morgan fingerprint density at radius 1 is 1.30 bits per heavy atom. The Morgan fingerprint density at radius 2 is 2.00 bits per heavy atom. The zero-order chi connectivity index (χ0) is 16.8. The third-order valence-corrected chi connectivity index (χ3v) is 3.41. The number of nitrogens with zero attached hydrogens (tertiary/aromatic N) is 4. The molecular weight excluding hydrogens is 296 g/mol. The van der Waals surface area contributed by atoms with Crippen molar-refractivity contribution in [3.05, 3.63) is 52.3 Å². The third kappa shape index (κ3) is 4.09. The van der Waals surface area contributed by atoms with Crippen molar-refractivity contribution in [2.45, 2.75) is 19.8 Å². The minimum absolute atomic E-state index is 0.0226. The number of carbonyl (C=O) groups is 1. The Balaban J connectivity index is 2.18. The molecule has 2 aromatic rings. The number of aromatic nitrogens is 2. The van der Waals surface area contributed by atoms with Crippen molar-refractivity contribution >= 4 is 11.6 Å². The van der Waals surface area contributed by atoms with Gasteiger partial charge in [0.2, 0.25) is 0 Å². The van der Waals surface area contributed by atoms with Crippen LogP contribution in [0.15, 0.2) is 36.7 Å². The highest BCUT2D eigenvalue weighted by Crippen LogP contribution is 2.20. The minimum atomic E-state index is -0.468. The zero-order valence-electron chi connectivity index (χ0n) is 13.1. The summed E-state index contributed by atoms with van der Waals surface area (Å²) in [6.45, 7) is 2.75. The number of amides is 1. The fourth-order valence-electron chi connectivity index (χ4n) is 2.06. The average Bonchev–Trinajstić information content (AvgIpc) is 2.59. The van der Waals surface area contributed by atoms with Crippen LogP contribution >= 0.6 is 0 Å². The van der Waals surface area contributed by atoms with Gasteiger partial charge >= 0.3 is 0 Å². The van der Waals surface area contributed by atoms with E-state index in [0.29, 0.717) is 23.5 Å². The molecule has 0 saturated carbocycles. The lowest BCUT2D eigenvalue weighted by atomic mass is 10.2. The Kier molecular flexibility index (Phi) is 5.35. The smallest absolute Gasteiger partial charge is 0.270 e. The summed E-state index contributed by atoms with van der Waals surface area (Å²) in [5.74, 6) is 0.213. The van der Waals surface area contributed by atoms with Gasteiger partial charge in [-0.05, 0) is 6.42 Å². The summed E-state index contributed by atoms with van der Waals surface area (Å²) in [6, 6.07) is 6.08. The standard InChI is InChI=1S/C16H18N4O3/c1-3-4-8-19(2)16(21)13-10-17-15(18-11-13)12-6-5-7-14(9-12)20(22)23/h5-7,9-11H,3-4,8H2,1-2H3. The molecule has 0 bridgehead atoms. The molecule has 1 aromatic heterocycles. The normalized spacial score (nSPS) is 10.3.